The van der Waals surface area contributed by atoms with Crippen LogP contribution in [0.2, 0.25) is 0 Å². The van der Waals surface area contributed by atoms with Gasteiger partial charge in [0.25, 0.3) is 0 Å². The average Bonchev–Trinajstić information content (AvgIpc) is 3.18. The van der Waals surface area contributed by atoms with E-state index in [2.05, 4.69) is 21.3 Å². The molecule has 1 heterocycles. The van der Waals surface area contributed by atoms with Crippen molar-refractivity contribution >= 4 is 72.5 Å². The van der Waals surface area contributed by atoms with Crippen molar-refractivity contribution in [3.63, 3.8) is 0 Å². The lowest BCUT2D eigenvalue weighted by Crippen LogP contribution is -2.44. The lowest BCUT2D eigenvalue weighted by atomic mass is 9.97. The van der Waals surface area contributed by atoms with Crippen LogP contribution in [0, 0.1) is 0 Å². The number of unbranched alkanes of at least 4 members (excludes halogenated alkanes) is 2. The molecular weight excluding hydrogens is 545 g/mol. The van der Waals surface area contributed by atoms with Crippen LogP contribution in [0.5, 0.6) is 0 Å². The quantitative estimate of drug-likeness (QED) is 0.0687. The summed E-state index contributed by atoms with van der Waals surface area (Å²) in [7, 11) is 5.06. The fourth-order valence-electron chi connectivity index (χ4n) is 3.13. The molecule has 39 heavy (non-hydrogen) atoms. The highest BCUT2D eigenvalue weighted by molar-refractivity contribution is 8.00. The molecule has 0 aromatic carbocycles. The minimum Gasteiger partial charge on any atom is -0.347 e. The van der Waals surface area contributed by atoms with Crippen molar-refractivity contribution in [1.29, 1.82) is 0 Å². The maximum absolute atomic E-state index is 12.2. The maximum Gasteiger partial charge on any atom is 0.242 e. The Labute approximate surface area is 240 Å². The van der Waals surface area contributed by atoms with Gasteiger partial charge in [-0.25, -0.2) is 0 Å². The number of nitrogens with one attached hydrogen (secondary N) is 4. The highest BCUT2D eigenvalue weighted by Gasteiger charge is 2.38. The lowest BCUT2D eigenvalue weighted by Gasteiger charge is -2.14. The minimum atomic E-state index is -0.604. The molecule has 1 aliphatic rings. The maximum atomic E-state index is 12.2. The van der Waals surface area contributed by atoms with Gasteiger partial charge in [0.15, 0.2) is 7.85 Å². The number of rotatable bonds is 19. The van der Waals surface area contributed by atoms with Crippen LogP contribution in [0.25, 0.3) is 0 Å². The van der Waals surface area contributed by atoms with E-state index in [0.717, 1.165) is 29.9 Å². The largest absolute Gasteiger partial charge is 0.347 e. The topological polar surface area (TPSA) is 171 Å². The van der Waals surface area contributed by atoms with E-state index in [1.165, 1.54) is 23.5 Å². The molecule has 6 amide bonds. The predicted octanol–water partition coefficient (Wildman–Crippen LogP) is -0.306. The normalized spacial score (nSPS) is 14.2. The SMILES string of the molecule is CC.[B]C(=O)CCCCCSCNC(=O)CNC(=O)CNC(=O)CNC(=O)CCN1C(=O)CC(SCC)C1=O. The summed E-state index contributed by atoms with van der Waals surface area (Å²) in [4.78, 5) is 83.1. The van der Waals surface area contributed by atoms with Gasteiger partial charge in [-0.15, -0.1) is 23.5 Å². The van der Waals surface area contributed by atoms with E-state index in [1.54, 1.807) is 0 Å². The second-order valence-electron chi connectivity index (χ2n) is 8.04. The van der Waals surface area contributed by atoms with Gasteiger partial charge in [-0.3, -0.25) is 33.7 Å². The molecule has 12 nitrogen and oxygen atoms in total. The summed E-state index contributed by atoms with van der Waals surface area (Å²) in [5.74, 6) is -0.742. The van der Waals surface area contributed by atoms with Gasteiger partial charge in [0.2, 0.25) is 35.4 Å². The lowest BCUT2D eigenvalue weighted by molar-refractivity contribution is -0.139. The Morgan fingerprint density at radius 3 is 1.97 bits per heavy atom. The molecule has 4 N–H and O–H groups in total. The van der Waals surface area contributed by atoms with E-state index in [4.69, 9.17) is 7.85 Å². The van der Waals surface area contributed by atoms with Crippen molar-refractivity contribution in [2.75, 3.05) is 43.6 Å². The van der Waals surface area contributed by atoms with E-state index in [0.29, 0.717) is 18.1 Å². The Morgan fingerprint density at radius 1 is 0.846 bits per heavy atom. The monoisotopic (exact) mass is 585 g/mol. The Balaban J connectivity index is 0.00000704. The zero-order valence-corrected chi connectivity index (χ0v) is 24.6. The third kappa shape index (κ3) is 17.6. The highest BCUT2D eigenvalue weighted by atomic mass is 32.2. The molecule has 1 rings (SSSR count). The third-order valence-corrected chi connectivity index (χ3v) is 7.08. The molecule has 0 saturated carbocycles. The van der Waals surface area contributed by atoms with E-state index < -0.39 is 23.0 Å². The highest BCUT2D eigenvalue weighted by Crippen LogP contribution is 2.24. The van der Waals surface area contributed by atoms with Crippen LogP contribution in [0.15, 0.2) is 0 Å². The molecular formula is C24H40BN5O7S2. The van der Waals surface area contributed by atoms with Crippen molar-refractivity contribution in [1.82, 2.24) is 26.2 Å². The van der Waals surface area contributed by atoms with Crippen LogP contribution in [0.4, 0.5) is 0 Å². The summed E-state index contributed by atoms with van der Waals surface area (Å²) in [6, 6.07) is 0. The van der Waals surface area contributed by atoms with Crippen molar-refractivity contribution in [3.8, 4) is 0 Å². The summed E-state index contributed by atoms with van der Waals surface area (Å²) in [5, 5.41) is 9.31. The molecule has 2 radical (unpaired) electrons. The number of likely N-dealkylation sites (tertiary alicyclic amines) is 1. The average molecular weight is 586 g/mol. The molecule has 0 aromatic heterocycles. The molecule has 1 aliphatic heterocycles. The first-order valence-electron chi connectivity index (χ1n) is 13.0. The Hall–Kier alpha value is -2.55. The second-order valence-corrected chi connectivity index (χ2v) is 10.6. The summed E-state index contributed by atoms with van der Waals surface area (Å²) < 4.78 is 0. The molecule has 15 heteroatoms. The Morgan fingerprint density at radius 2 is 1.41 bits per heavy atom. The van der Waals surface area contributed by atoms with Crippen LogP contribution >= 0.6 is 23.5 Å². The van der Waals surface area contributed by atoms with Gasteiger partial charge >= 0.3 is 0 Å². The molecule has 0 spiro atoms. The molecule has 1 fully saturated rings. The van der Waals surface area contributed by atoms with Crippen molar-refractivity contribution in [2.24, 2.45) is 0 Å². The number of imide groups is 1. The Bertz CT molecular complexity index is 848. The number of hydrogen-bond acceptors (Lipinski definition) is 9. The van der Waals surface area contributed by atoms with Gasteiger partial charge < -0.3 is 26.1 Å². The zero-order valence-electron chi connectivity index (χ0n) is 23.0. The second kappa shape index (κ2) is 22.3. The van der Waals surface area contributed by atoms with Crippen LogP contribution in [-0.4, -0.2) is 103 Å². The van der Waals surface area contributed by atoms with Crippen LogP contribution < -0.4 is 21.3 Å². The number of thioether (sulfide) groups is 2. The first-order chi connectivity index (χ1) is 18.6. The summed E-state index contributed by atoms with van der Waals surface area (Å²) in [6.45, 7) is 4.87. The van der Waals surface area contributed by atoms with Crippen LogP contribution in [0.3, 0.4) is 0 Å². The first kappa shape index (κ1) is 36.5. The summed E-state index contributed by atoms with van der Waals surface area (Å²) in [5.41, 5.74) is -0.310. The molecule has 0 aliphatic carbocycles. The van der Waals surface area contributed by atoms with Gasteiger partial charge in [0.05, 0.1) is 36.4 Å². The first-order valence-corrected chi connectivity index (χ1v) is 15.2. The van der Waals surface area contributed by atoms with E-state index in [9.17, 15) is 33.6 Å². The van der Waals surface area contributed by atoms with Gasteiger partial charge in [-0.05, 0) is 30.8 Å². The van der Waals surface area contributed by atoms with Gasteiger partial charge in [-0.1, -0.05) is 27.2 Å². The Kier molecular flexibility index (Phi) is 20.8. The van der Waals surface area contributed by atoms with Gasteiger partial charge in [0.1, 0.15) is 0 Å². The number of hydrogen-bond donors (Lipinski definition) is 4. The van der Waals surface area contributed by atoms with Gasteiger partial charge in [0, 0.05) is 19.4 Å². The van der Waals surface area contributed by atoms with E-state index in [-0.39, 0.29) is 62.4 Å². The molecule has 1 unspecified atom stereocenters. The smallest absolute Gasteiger partial charge is 0.242 e. The molecule has 0 aromatic rings. The molecule has 1 saturated heterocycles. The van der Waals surface area contributed by atoms with Crippen molar-refractivity contribution < 1.29 is 33.6 Å². The van der Waals surface area contributed by atoms with Crippen molar-refractivity contribution in [2.45, 2.75) is 64.5 Å². The zero-order chi connectivity index (χ0) is 29.6. The molecule has 218 valence electrons. The fourth-order valence-corrected chi connectivity index (χ4v) is 4.88. The van der Waals surface area contributed by atoms with Crippen molar-refractivity contribution in [3.05, 3.63) is 0 Å². The van der Waals surface area contributed by atoms with E-state index in [1.807, 2.05) is 20.8 Å². The number of amides is 6. The number of nitrogens with zero attached hydrogens (tertiary/aromatic N) is 1. The standard InChI is InChI=1S/C22H34BN5O7S2.C2H6/c1-2-37-15-10-21(34)28(22(15)35)8-7-17(30)24-11-18(31)25-12-19(32)26-13-20(33)27-14-36-9-5-3-4-6-16(23)29;1-2/h15H,2-14H2,1H3,(H,24,30)(H,25,31)(H,26,32)(H,27,33);1-2H3. The fraction of sp³-hybridized carbons (Fsp3) is 0.708. The number of carbonyl (C=O) groups excluding carboxylic acids is 7. The van der Waals surface area contributed by atoms with E-state index >= 15 is 0 Å². The predicted molar refractivity (Wildman–Crippen MR) is 153 cm³/mol. The third-order valence-electron chi connectivity index (χ3n) is 5.05. The summed E-state index contributed by atoms with van der Waals surface area (Å²) in [6.07, 6.45) is 2.91. The van der Waals surface area contributed by atoms with Crippen LogP contribution in [-0.2, 0) is 33.6 Å². The van der Waals surface area contributed by atoms with Gasteiger partial charge in [-0.2, -0.15) is 0 Å². The van der Waals surface area contributed by atoms with Crippen LogP contribution in [0.1, 0.15) is 59.3 Å². The minimum absolute atomic E-state index is 0.0498. The summed E-state index contributed by atoms with van der Waals surface area (Å²) >= 11 is 2.91. The molecule has 0 bridgehead atoms. The molecule has 1 atom stereocenters. The number of carbonyl (C=O) groups is 7.